The van der Waals surface area contributed by atoms with Gasteiger partial charge in [-0.25, -0.2) is 4.39 Å². The number of aromatic nitrogens is 3. The average Bonchev–Trinajstić information content (AvgIpc) is 3.64. The van der Waals surface area contributed by atoms with E-state index in [0.29, 0.717) is 34.7 Å². The highest BCUT2D eigenvalue weighted by molar-refractivity contribution is 6.36. The summed E-state index contributed by atoms with van der Waals surface area (Å²) in [7, 11) is 4.16. The fraction of sp³-hybridized carbons (Fsp3) is 0.433. The number of halogens is 2. The fourth-order valence-corrected chi connectivity index (χ4v) is 6.78. The van der Waals surface area contributed by atoms with E-state index in [1.165, 1.54) is 0 Å². The van der Waals surface area contributed by atoms with Gasteiger partial charge in [0, 0.05) is 59.3 Å². The molecule has 0 radical (unpaired) electrons. The van der Waals surface area contributed by atoms with Crippen LogP contribution in [0.15, 0.2) is 42.6 Å². The highest BCUT2D eigenvalue weighted by atomic mass is 35.5. The third kappa shape index (κ3) is 4.39. The largest absolute Gasteiger partial charge is 0.463 e. The molecular weight excluding hydrogens is 515 g/mol. The van der Waals surface area contributed by atoms with Gasteiger partial charge < -0.3 is 19.9 Å². The summed E-state index contributed by atoms with van der Waals surface area (Å²) < 4.78 is 22.8. The van der Waals surface area contributed by atoms with Crippen LogP contribution in [0.25, 0.3) is 32.9 Å². The lowest BCUT2D eigenvalue weighted by molar-refractivity contribution is 0.183. The van der Waals surface area contributed by atoms with E-state index in [2.05, 4.69) is 39.2 Å². The molecule has 1 saturated carbocycles. The lowest BCUT2D eigenvalue weighted by Gasteiger charge is -2.36. The molecule has 0 amide bonds. The van der Waals surface area contributed by atoms with Crippen LogP contribution in [0.1, 0.15) is 25.7 Å². The van der Waals surface area contributed by atoms with Crippen LogP contribution in [0.4, 0.5) is 10.2 Å². The van der Waals surface area contributed by atoms with Crippen molar-refractivity contribution < 1.29 is 9.13 Å². The van der Waals surface area contributed by atoms with Gasteiger partial charge >= 0.3 is 6.01 Å². The number of ether oxygens (including phenoxy) is 1. The Morgan fingerprint density at radius 2 is 1.85 bits per heavy atom. The van der Waals surface area contributed by atoms with Crippen molar-refractivity contribution >= 4 is 39.1 Å². The standard InChI is InChI=1S/C30H32ClFN6O/c1-37(2)16-30(11-12-30)17-39-29-35-27-22(28(36-29)38-19-9-10-20(38)14-33-13-19)15-34-26(25(27)32)21-7-3-5-18-6-4-8-23(31)24(18)21/h3-8,15,19-20,33H,9-14,16-17H2,1-2H3/t19-,20+. The Morgan fingerprint density at radius 3 is 2.56 bits per heavy atom. The van der Waals surface area contributed by atoms with Crippen LogP contribution in [-0.2, 0) is 0 Å². The predicted octanol–water partition coefficient (Wildman–Crippen LogP) is 5.30. The number of anilines is 1. The Hall–Kier alpha value is -3.07. The van der Waals surface area contributed by atoms with Crippen LogP contribution in [0.2, 0.25) is 5.02 Å². The van der Waals surface area contributed by atoms with Gasteiger partial charge in [-0.2, -0.15) is 9.97 Å². The van der Waals surface area contributed by atoms with Crippen molar-refractivity contribution in [3.8, 4) is 17.3 Å². The molecule has 3 aliphatic rings. The predicted molar refractivity (Wildman–Crippen MR) is 153 cm³/mol. The summed E-state index contributed by atoms with van der Waals surface area (Å²) in [6.45, 7) is 3.22. The molecule has 2 atom stereocenters. The van der Waals surface area contributed by atoms with Crippen molar-refractivity contribution in [1.29, 1.82) is 0 Å². The Balaban J connectivity index is 1.37. The smallest absolute Gasteiger partial charge is 0.319 e. The van der Waals surface area contributed by atoms with Crippen LogP contribution in [0, 0.1) is 11.2 Å². The van der Waals surface area contributed by atoms with E-state index in [9.17, 15) is 0 Å². The molecule has 2 aromatic heterocycles. The van der Waals surface area contributed by atoms with Crippen molar-refractivity contribution in [2.45, 2.75) is 37.8 Å². The van der Waals surface area contributed by atoms with E-state index >= 15 is 4.39 Å². The summed E-state index contributed by atoms with van der Waals surface area (Å²) in [5.41, 5.74) is 1.22. The van der Waals surface area contributed by atoms with Gasteiger partial charge in [0.2, 0.25) is 0 Å². The molecule has 1 aliphatic carbocycles. The number of benzene rings is 2. The van der Waals surface area contributed by atoms with Gasteiger partial charge in [0.15, 0.2) is 5.82 Å². The summed E-state index contributed by atoms with van der Waals surface area (Å²) >= 11 is 6.59. The van der Waals surface area contributed by atoms with Gasteiger partial charge in [0.05, 0.1) is 12.0 Å². The normalized spacial score (nSPS) is 21.7. The molecule has 7 rings (SSSR count). The molecule has 9 heteroatoms. The van der Waals surface area contributed by atoms with Gasteiger partial charge in [0.1, 0.15) is 17.0 Å². The number of fused-ring (bicyclic) bond motifs is 4. The molecule has 4 heterocycles. The van der Waals surface area contributed by atoms with E-state index in [0.717, 1.165) is 61.9 Å². The molecular formula is C30H32ClFN6O. The van der Waals surface area contributed by atoms with E-state index in [-0.39, 0.29) is 22.6 Å². The third-order valence-electron chi connectivity index (χ3n) is 8.49. The first kappa shape index (κ1) is 24.9. The molecule has 3 fully saturated rings. The van der Waals surface area contributed by atoms with E-state index in [4.69, 9.17) is 21.3 Å². The summed E-state index contributed by atoms with van der Waals surface area (Å²) in [4.78, 5) is 18.7. The molecule has 1 N–H and O–H groups in total. The average molecular weight is 547 g/mol. The Labute approximate surface area is 232 Å². The topological polar surface area (TPSA) is 66.4 Å². The molecule has 2 aliphatic heterocycles. The van der Waals surface area contributed by atoms with Gasteiger partial charge in [-0.05, 0) is 51.2 Å². The minimum atomic E-state index is -0.481. The molecule has 2 saturated heterocycles. The number of rotatable bonds is 7. The molecule has 2 aromatic carbocycles. The second kappa shape index (κ2) is 9.54. The lowest BCUT2D eigenvalue weighted by atomic mass is 10.0. The maximum atomic E-state index is 16.5. The number of hydrogen-bond acceptors (Lipinski definition) is 7. The van der Waals surface area contributed by atoms with Crippen molar-refractivity contribution in [2.24, 2.45) is 5.41 Å². The van der Waals surface area contributed by atoms with E-state index in [1.54, 1.807) is 6.20 Å². The van der Waals surface area contributed by atoms with Crippen LogP contribution < -0.4 is 15.0 Å². The summed E-state index contributed by atoms with van der Waals surface area (Å²) in [6.07, 6.45) is 6.09. The Bertz CT molecular complexity index is 1550. The van der Waals surface area contributed by atoms with Gasteiger partial charge in [-0.15, -0.1) is 0 Å². The first-order chi connectivity index (χ1) is 18.9. The van der Waals surface area contributed by atoms with E-state index < -0.39 is 5.82 Å². The SMILES string of the molecule is CN(C)CC1(COc2nc(N3[C@@H]4CC[C@H]3CNC4)c3cnc(-c4cccc5cccc(Cl)c45)c(F)c3n2)CC1. The third-order valence-corrected chi connectivity index (χ3v) is 8.81. The van der Waals surface area contributed by atoms with Crippen LogP contribution in [0.5, 0.6) is 6.01 Å². The zero-order chi connectivity index (χ0) is 26.7. The minimum absolute atomic E-state index is 0.109. The lowest BCUT2D eigenvalue weighted by Crippen LogP contribution is -2.52. The highest BCUT2D eigenvalue weighted by Crippen LogP contribution is 2.46. The molecule has 202 valence electrons. The highest BCUT2D eigenvalue weighted by Gasteiger charge is 2.44. The summed E-state index contributed by atoms with van der Waals surface area (Å²) in [6, 6.07) is 12.3. The van der Waals surface area contributed by atoms with Crippen molar-refractivity contribution in [1.82, 2.24) is 25.2 Å². The summed E-state index contributed by atoms with van der Waals surface area (Å²) in [5.74, 6) is 0.237. The maximum absolute atomic E-state index is 16.5. The van der Waals surface area contributed by atoms with Crippen LogP contribution in [-0.4, -0.2) is 72.3 Å². The molecule has 7 nitrogen and oxygen atoms in total. The maximum Gasteiger partial charge on any atom is 0.319 e. The number of nitrogens with one attached hydrogen (secondary N) is 1. The zero-order valence-corrected chi connectivity index (χ0v) is 23.0. The van der Waals surface area contributed by atoms with Crippen molar-refractivity contribution in [2.75, 3.05) is 45.2 Å². The van der Waals surface area contributed by atoms with Crippen molar-refractivity contribution in [3.63, 3.8) is 0 Å². The summed E-state index contributed by atoms with van der Waals surface area (Å²) in [5, 5.41) is 6.40. The molecule has 4 aromatic rings. The molecule has 0 spiro atoms. The number of piperazine rings is 1. The Kier molecular flexibility index (Phi) is 6.10. The Morgan fingerprint density at radius 1 is 1.10 bits per heavy atom. The molecule has 2 bridgehead atoms. The van der Waals surface area contributed by atoms with Gasteiger partial charge in [0.25, 0.3) is 0 Å². The minimum Gasteiger partial charge on any atom is -0.463 e. The quantitative estimate of drug-likeness (QED) is 0.337. The first-order valence-electron chi connectivity index (χ1n) is 13.7. The number of pyridine rings is 1. The number of nitrogens with zero attached hydrogens (tertiary/aromatic N) is 5. The van der Waals surface area contributed by atoms with Gasteiger partial charge in [-0.1, -0.05) is 41.9 Å². The van der Waals surface area contributed by atoms with Crippen molar-refractivity contribution in [3.05, 3.63) is 53.4 Å². The fourth-order valence-electron chi connectivity index (χ4n) is 6.50. The second-order valence-electron chi connectivity index (χ2n) is 11.6. The molecule has 39 heavy (non-hydrogen) atoms. The second-order valence-corrected chi connectivity index (χ2v) is 12.0. The monoisotopic (exact) mass is 546 g/mol. The van der Waals surface area contributed by atoms with E-state index in [1.807, 2.05) is 36.4 Å². The van der Waals surface area contributed by atoms with Crippen LogP contribution in [0.3, 0.4) is 0 Å². The first-order valence-corrected chi connectivity index (χ1v) is 14.1. The zero-order valence-electron chi connectivity index (χ0n) is 22.3. The van der Waals surface area contributed by atoms with Gasteiger partial charge in [-0.3, -0.25) is 4.98 Å². The van der Waals surface area contributed by atoms with Crippen LogP contribution >= 0.6 is 11.6 Å². The molecule has 0 unspecified atom stereocenters. The number of hydrogen-bond donors (Lipinski definition) is 1.